The van der Waals surface area contributed by atoms with Crippen LogP contribution >= 0.6 is 0 Å². The lowest BCUT2D eigenvalue weighted by atomic mass is 9.98. The zero-order valence-corrected chi connectivity index (χ0v) is 21.9. The van der Waals surface area contributed by atoms with Crippen molar-refractivity contribution >= 4 is 17.6 Å². The summed E-state index contributed by atoms with van der Waals surface area (Å²) in [7, 11) is 0. The molecule has 7 nitrogen and oxygen atoms in total. The summed E-state index contributed by atoms with van der Waals surface area (Å²) in [6.07, 6.45) is 12.7. The Morgan fingerprint density at radius 1 is 0.789 bits per heavy atom. The lowest BCUT2D eigenvalue weighted by Crippen LogP contribution is -2.32. The van der Waals surface area contributed by atoms with Crippen LogP contribution in [0, 0.1) is 0 Å². The second kappa shape index (κ2) is 9.87. The molecule has 0 spiro atoms. The first-order valence-electron chi connectivity index (χ1n) is 14.1. The van der Waals surface area contributed by atoms with Crippen LogP contribution in [0.1, 0.15) is 54.4 Å². The molecule has 1 saturated heterocycles. The van der Waals surface area contributed by atoms with Crippen LogP contribution in [0.25, 0.3) is 16.9 Å². The third-order valence-electron chi connectivity index (χ3n) is 8.64. The molecule has 4 aromatic rings. The summed E-state index contributed by atoms with van der Waals surface area (Å²) in [6, 6.07) is 18.2. The number of rotatable bonds is 4. The number of anilines is 3. The van der Waals surface area contributed by atoms with Gasteiger partial charge in [-0.15, -0.1) is 5.10 Å². The monoisotopic (exact) mass is 505 g/mol. The Labute approximate surface area is 224 Å². The van der Waals surface area contributed by atoms with Gasteiger partial charge in [0, 0.05) is 23.5 Å². The van der Waals surface area contributed by atoms with Crippen LogP contribution in [0.3, 0.4) is 0 Å². The largest absolute Gasteiger partial charge is 0.368 e. The lowest BCUT2D eigenvalue weighted by Gasteiger charge is -2.25. The average molecular weight is 506 g/mol. The molecule has 194 valence electrons. The Morgan fingerprint density at radius 3 is 2.50 bits per heavy atom. The molecule has 0 amide bonds. The molecule has 2 aliphatic carbocycles. The van der Waals surface area contributed by atoms with Gasteiger partial charge in [-0.1, -0.05) is 30.3 Å². The summed E-state index contributed by atoms with van der Waals surface area (Å²) in [4.78, 5) is 12.0. The van der Waals surface area contributed by atoms with Gasteiger partial charge in [-0.25, -0.2) is 4.98 Å². The van der Waals surface area contributed by atoms with Gasteiger partial charge in [0.15, 0.2) is 5.82 Å². The predicted octanol–water partition coefficient (Wildman–Crippen LogP) is 5.49. The van der Waals surface area contributed by atoms with Gasteiger partial charge in [-0.05, 0) is 117 Å². The minimum atomic E-state index is 0.331. The van der Waals surface area contributed by atoms with Crippen molar-refractivity contribution in [1.29, 1.82) is 0 Å². The van der Waals surface area contributed by atoms with E-state index in [4.69, 9.17) is 10.7 Å². The third kappa shape index (κ3) is 4.45. The number of likely N-dealkylation sites (tertiary alicyclic amines) is 1. The molecule has 0 bridgehead atoms. The van der Waals surface area contributed by atoms with Gasteiger partial charge < -0.3 is 16.0 Å². The number of nitrogen functional groups attached to an aromatic ring is 1. The lowest BCUT2D eigenvalue weighted by molar-refractivity contribution is 0.222. The van der Waals surface area contributed by atoms with E-state index < -0.39 is 0 Å². The number of hydrogen-bond donors (Lipinski definition) is 2. The van der Waals surface area contributed by atoms with Gasteiger partial charge in [0.1, 0.15) is 0 Å². The highest BCUT2D eigenvalue weighted by Crippen LogP contribution is 2.33. The molecule has 3 aliphatic rings. The summed E-state index contributed by atoms with van der Waals surface area (Å²) in [5.74, 6) is 1.53. The van der Waals surface area contributed by atoms with E-state index in [-0.39, 0.29) is 0 Å². The Morgan fingerprint density at radius 2 is 1.61 bits per heavy atom. The Hall–Kier alpha value is -3.71. The van der Waals surface area contributed by atoms with E-state index in [2.05, 4.69) is 68.8 Å². The number of fused-ring (bicyclic) bond motifs is 4. The molecular formula is C31H35N7. The topological polar surface area (TPSA) is 84.9 Å². The summed E-state index contributed by atoms with van der Waals surface area (Å²) < 4.78 is 1.64. The van der Waals surface area contributed by atoms with Crippen molar-refractivity contribution in [2.75, 3.05) is 24.1 Å². The number of nitrogens with one attached hydrogen (secondary N) is 1. The molecule has 1 atom stereocenters. The maximum Gasteiger partial charge on any atom is 0.248 e. The molecule has 7 heteroatoms. The minimum absolute atomic E-state index is 0.331. The Balaban J connectivity index is 1.10. The molecular weight excluding hydrogens is 470 g/mol. The van der Waals surface area contributed by atoms with Crippen molar-refractivity contribution in [1.82, 2.24) is 24.6 Å². The van der Waals surface area contributed by atoms with Crippen molar-refractivity contribution in [3.05, 3.63) is 77.0 Å². The van der Waals surface area contributed by atoms with Gasteiger partial charge in [-0.2, -0.15) is 9.67 Å². The first-order valence-corrected chi connectivity index (χ1v) is 14.1. The minimum Gasteiger partial charge on any atom is -0.368 e. The van der Waals surface area contributed by atoms with Crippen LogP contribution in [0.5, 0.6) is 0 Å². The van der Waals surface area contributed by atoms with Crippen LogP contribution in [0.2, 0.25) is 0 Å². The van der Waals surface area contributed by atoms with Crippen LogP contribution in [0.4, 0.5) is 17.6 Å². The van der Waals surface area contributed by atoms with Crippen molar-refractivity contribution in [3.63, 3.8) is 0 Å². The normalized spacial score (nSPS) is 19.2. The number of hydrogen-bond acceptors (Lipinski definition) is 6. The predicted molar refractivity (Wildman–Crippen MR) is 152 cm³/mol. The molecule has 7 rings (SSSR count). The quantitative estimate of drug-likeness (QED) is 0.357. The van der Waals surface area contributed by atoms with E-state index in [1.165, 1.54) is 72.2 Å². The van der Waals surface area contributed by atoms with Crippen molar-refractivity contribution < 1.29 is 0 Å². The highest BCUT2D eigenvalue weighted by Gasteiger charge is 2.24. The van der Waals surface area contributed by atoms with Crippen LogP contribution in [0.15, 0.2) is 54.7 Å². The molecule has 1 fully saturated rings. The fourth-order valence-electron chi connectivity index (χ4n) is 6.64. The summed E-state index contributed by atoms with van der Waals surface area (Å²) >= 11 is 0. The van der Waals surface area contributed by atoms with Gasteiger partial charge in [-0.3, -0.25) is 0 Å². The van der Waals surface area contributed by atoms with E-state index in [0.29, 0.717) is 17.7 Å². The molecule has 3 N–H and O–H groups in total. The SMILES string of the molecule is Nc1nc(Nc2ccc3c(c2)CC[C@@H](N2CCCC2)CC3)nn1-c1cc2c(cn1)-c1ccccc1CCC2. The van der Waals surface area contributed by atoms with E-state index in [0.717, 1.165) is 43.8 Å². The number of pyridine rings is 1. The van der Waals surface area contributed by atoms with Gasteiger partial charge in [0.05, 0.1) is 0 Å². The second-order valence-corrected chi connectivity index (χ2v) is 11.0. The van der Waals surface area contributed by atoms with E-state index in [1.54, 1.807) is 4.68 Å². The first kappa shape index (κ1) is 23.4. The Kier molecular flexibility index (Phi) is 6.08. The second-order valence-electron chi connectivity index (χ2n) is 11.0. The third-order valence-corrected chi connectivity index (χ3v) is 8.64. The van der Waals surface area contributed by atoms with Gasteiger partial charge in [0.2, 0.25) is 11.9 Å². The molecule has 0 unspecified atom stereocenters. The maximum atomic E-state index is 6.32. The van der Waals surface area contributed by atoms with E-state index in [9.17, 15) is 0 Å². The highest BCUT2D eigenvalue weighted by molar-refractivity contribution is 5.71. The number of nitrogens with two attached hydrogens (primary N) is 1. The molecule has 2 aromatic carbocycles. The van der Waals surface area contributed by atoms with Crippen LogP contribution in [-0.4, -0.2) is 43.8 Å². The molecule has 0 radical (unpaired) electrons. The number of nitrogens with zero attached hydrogens (tertiary/aromatic N) is 5. The Bertz CT molecular complexity index is 1470. The average Bonchev–Trinajstić information content (AvgIpc) is 3.49. The molecule has 2 aromatic heterocycles. The zero-order valence-electron chi connectivity index (χ0n) is 21.9. The van der Waals surface area contributed by atoms with E-state index >= 15 is 0 Å². The van der Waals surface area contributed by atoms with Crippen molar-refractivity contribution in [3.8, 4) is 16.9 Å². The van der Waals surface area contributed by atoms with Crippen molar-refractivity contribution in [2.45, 2.75) is 63.8 Å². The molecule has 3 heterocycles. The zero-order chi connectivity index (χ0) is 25.5. The van der Waals surface area contributed by atoms with E-state index in [1.807, 2.05) is 6.20 Å². The fourth-order valence-corrected chi connectivity index (χ4v) is 6.64. The van der Waals surface area contributed by atoms with Gasteiger partial charge >= 0.3 is 0 Å². The van der Waals surface area contributed by atoms with Gasteiger partial charge in [0.25, 0.3) is 0 Å². The summed E-state index contributed by atoms with van der Waals surface area (Å²) in [5.41, 5.74) is 15.4. The molecule has 1 aliphatic heterocycles. The van der Waals surface area contributed by atoms with Crippen LogP contribution < -0.4 is 11.1 Å². The first-order chi connectivity index (χ1) is 18.7. The standard InChI is InChI=1S/C31H35N7/c32-30-35-31(34-25-13-10-21-11-14-26(15-12-23(21)18-25)37-16-3-4-17-37)36-38(30)29-19-24-8-5-7-22-6-1-2-9-27(22)28(24)20-33-29/h1-2,6,9-10,13,18-20,26H,3-5,7-8,11-12,14-17H2,(H3,32,34,35,36)/t26-/m0/s1. The summed E-state index contributed by atoms with van der Waals surface area (Å²) in [5, 5.41) is 8.08. The van der Waals surface area contributed by atoms with Crippen molar-refractivity contribution in [2.24, 2.45) is 0 Å². The number of aromatic nitrogens is 4. The maximum absolute atomic E-state index is 6.32. The molecule has 38 heavy (non-hydrogen) atoms. The molecule has 0 saturated carbocycles. The highest BCUT2D eigenvalue weighted by atomic mass is 15.4. The summed E-state index contributed by atoms with van der Waals surface area (Å²) in [6.45, 7) is 2.55. The van der Waals surface area contributed by atoms with Crippen LogP contribution in [-0.2, 0) is 25.7 Å². The number of benzene rings is 2. The number of aryl methyl sites for hydroxylation is 4. The fraction of sp³-hybridized carbons (Fsp3) is 0.387. The smallest absolute Gasteiger partial charge is 0.248 e.